The molecule has 57 valence electrons. The molecule has 1 rings (SSSR count). The summed E-state index contributed by atoms with van der Waals surface area (Å²) in [4.78, 5) is 4.55. The van der Waals surface area contributed by atoms with Gasteiger partial charge in [0.1, 0.15) is 7.11 Å². The molecule has 0 spiro atoms. The summed E-state index contributed by atoms with van der Waals surface area (Å²) >= 11 is 0. The van der Waals surface area contributed by atoms with Crippen LogP contribution in [-0.2, 0) is 4.84 Å². The summed E-state index contributed by atoms with van der Waals surface area (Å²) in [7, 11) is 1.52. The van der Waals surface area contributed by atoms with Crippen molar-refractivity contribution in [2.24, 2.45) is 5.16 Å². The number of oxime groups is 1. The van der Waals surface area contributed by atoms with Gasteiger partial charge in [-0.2, -0.15) is 0 Å². The molecule has 0 saturated carbocycles. The first-order valence-electron chi connectivity index (χ1n) is 3.38. The predicted octanol–water partition coefficient (Wildman–Crippen LogP) is 1.78. The smallest absolute Gasteiger partial charge is 0.106 e. The van der Waals surface area contributed by atoms with E-state index >= 15 is 0 Å². The number of benzene rings is 1. The average Bonchev–Trinajstić information content (AvgIpc) is 2.03. The van der Waals surface area contributed by atoms with Crippen LogP contribution in [0.4, 0.5) is 0 Å². The van der Waals surface area contributed by atoms with E-state index in [4.69, 9.17) is 0 Å². The molecule has 0 amide bonds. The molecule has 2 nitrogen and oxygen atoms in total. The maximum absolute atomic E-state index is 4.55. The second-order valence-electron chi connectivity index (χ2n) is 2.18. The number of aryl methyl sites for hydroxylation is 1. The highest BCUT2D eigenvalue weighted by Gasteiger charge is 1.90. The third-order valence-corrected chi connectivity index (χ3v) is 1.39. The Bertz CT molecular complexity index is 255. The van der Waals surface area contributed by atoms with E-state index in [0.717, 1.165) is 11.1 Å². The van der Waals surface area contributed by atoms with Crippen LogP contribution in [0.1, 0.15) is 11.1 Å². The van der Waals surface area contributed by atoms with Crippen LogP contribution in [0.5, 0.6) is 0 Å². The number of rotatable bonds is 2. The summed E-state index contributed by atoms with van der Waals surface area (Å²) in [6.45, 7) is 2.01. The predicted molar refractivity (Wildman–Crippen MR) is 44.6 cm³/mol. The SMILES string of the molecule is CON=Cc1[c]cccc1C. The first-order valence-corrected chi connectivity index (χ1v) is 3.38. The summed E-state index contributed by atoms with van der Waals surface area (Å²) in [5, 5.41) is 3.65. The number of nitrogens with zero attached hydrogens (tertiary/aromatic N) is 1. The van der Waals surface area contributed by atoms with Crippen molar-refractivity contribution in [3.63, 3.8) is 0 Å². The third kappa shape index (κ3) is 2.08. The fourth-order valence-corrected chi connectivity index (χ4v) is 0.778. The molecule has 0 N–H and O–H groups in total. The molecule has 0 bridgehead atoms. The minimum absolute atomic E-state index is 0.967. The maximum atomic E-state index is 4.55. The molecule has 0 fully saturated rings. The maximum Gasteiger partial charge on any atom is 0.106 e. The van der Waals surface area contributed by atoms with Gasteiger partial charge >= 0.3 is 0 Å². The summed E-state index contributed by atoms with van der Waals surface area (Å²) in [5.41, 5.74) is 2.11. The van der Waals surface area contributed by atoms with Gasteiger partial charge in [0, 0.05) is 5.56 Å². The van der Waals surface area contributed by atoms with Gasteiger partial charge in [0.2, 0.25) is 0 Å². The van der Waals surface area contributed by atoms with E-state index in [1.165, 1.54) is 7.11 Å². The van der Waals surface area contributed by atoms with Crippen LogP contribution in [0.15, 0.2) is 23.4 Å². The molecule has 1 aromatic carbocycles. The lowest BCUT2D eigenvalue weighted by molar-refractivity contribution is 0.215. The Kier molecular flexibility index (Phi) is 2.66. The second kappa shape index (κ2) is 3.76. The van der Waals surface area contributed by atoms with Crippen LogP contribution in [0.3, 0.4) is 0 Å². The molecule has 11 heavy (non-hydrogen) atoms. The summed E-state index contributed by atoms with van der Waals surface area (Å²) in [5.74, 6) is 0. The van der Waals surface area contributed by atoms with Crippen LogP contribution in [0, 0.1) is 13.0 Å². The Hall–Kier alpha value is -1.31. The van der Waals surface area contributed by atoms with Gasteiger partial charge in [-0.15, -0.1) is 0 Å². The highest BCUT2D eigenvalue weighted by molar-refractivity contribution is 5.80. The van der Waals surface area contributed by atoms with E-state index in [0.29, 0.717) is 0 Å². The lowest BCUT2D eigenvalue weighted by atomic mass is 10.1. The average molecular weight is 148 g/mol. The standard InChI is InChI=1S/C9H10NO/c1-8-5-3-4-6-9(8)7-10-11-2/h3-5,7H,1-2H3. The molecule has 2 heteroatoms. The zero-order valence-corrected chi connectivity index (χ0v) is 6.66. The van der Waals surface area contributed by atoms with E-state index < -0.39 is 0 Å². The minimum Gasteiger partial charge on any atom is -0.399 e. The number of hydrogen-bond acceptors (Lipinski definition) is 2. The minimum atomic E-state index is 0.967. The Morgan fingerprint density at radius 2 is 2.45 bits per heavy atom. The second-order valence-corrected chi connectivity index (χ2v) is 2.18. The molecule has 0 aliphatic rings. The fourth-order valence-electron chi connectivity index (χ4n) is 0.778. The monoisotopic (exact) mass is 148 g/mol. The first-order chi connectivity index (χ1) is 5.34. The van der Waals surface area contributed by atoms with Gasteiger partial charge in [-0.25, -0.2) is 0 Å². The first kappa shape index (κ1) is 7.79. The van der Waals surface area contributed by atoms with Crippen molar-refractivity contribution in [3.8, 4) is 0 Å². The molecule has 0 aliphatic heterocycles. The molecule has 0 unspecified atom stereocenters. The molecular formula is C9H10NO. The lowest BCUT2D eigenvalue weighted by Gasteiger charge is -1.95. The Morgan fingerprint density at radius 1 is 1.64 bits per heavy atom. The van der Waals surface area contributed by atoms with E-state index in [1.54, 1.807) is 6.21 Å². The molecule has 1 aromatic rings. The van der Waals surface area contributed by atoms with E-state index in [2.05, 4.69) is 16.1 Å². The van der Waals surface area contributed by atoms with Crippen molar-refractivity contribution in [2.45, 2.75) is 6.92 Å². The van der Waals surface area contributed by atoms with Crippen LogP contribution >= 0.6 is 0 Å². The van der Waals surface area contributed by atoms with Gasteiger partial charge in [-0.3, -0.25) is 0 Å². The quantitative estimate of drug-likeness (QED) is 0.462. The van der Waals surface area contributed by atoms with Crippen LogP contribution in [0.2, 0.25) is 0 Å². The molecular weight excluding hydrogens is 138 g/mol. The highest BCUT2D eigenvalue weighted by atomic mass is 16.6. The lowest BCUT2D eigenvalue weighted by Crippen LogP contribution is -1.86. The summed E-state index contributed by atoms with van der Waals surface area (Å²) < 4.78 is 0. The third-order valence-electron chi connectivity index (χ3n) is 1.39. The van der Waals surface area contributed by atoms with E-state index in [-0.39, 0.29) is 0 Å². The molecule has 0 aromatic heterocycles. The van der Waals surface area contributed by atoms with Gasteiger partial charge in [-0.1, -0.05) is 23.4 Å². The zero-order chi connectivity index (χ0) is 8.10. The Labute approximate surface area is 66.5 Å². The molecule has 1 radical (unpaired) electrons. The normalized spacial score (nSPS) is 10.4. The van der Waals surface area contributed by atoms with Crippen molar-refractivity contribution in [1.82, 2.24) is 0 Å². The highest BCUT2D eigenvalue weighted by Crippen LogP contribution is 2.02. The van der Waals surface area contributed by atoms with Crippen molar-refractivity contribution < 1.29 is 4.84 Å². The van der Waals surface area contributed by atoms with Gasteiger partial charge in [0.05, 0.1) is 6.21 Å². The largest absolute Gasteiger partial charge is 0.399 e. The number of hydrogen-bond donors (Lipinski definition) is 0. The van der Waals surface area contributed by atoms with Gasteiger partial charge < -0.3 is 4.84 Å². The van der Waals surface area contributed by atoms with Gasteiger partial charge in [0.25, 0.3) is 0 Å². The molecule has 0 atom stereocenters. The van der Waals surface area contributed by atoms with E-state index in [9.17, 15) is 0 Å². The van der Waals surface area contributed by atoms with Crippen LogP contribution in [0.25, 0.3) is 0 Å². The summed E-state index contributed by atoms with van der Waals surface area (Å²) in [6, 6.07) is 8.84. The van der Waals surface area contributed by atoms with E-state index in [1.807, 2.05) is 25.1 Å². The van der Waals surface area contributed by atoms with Crippen LogP contribution in [-0.4, -0.2) is 13.3 Å². The molecule has 0 saturated heterocycles. The molecule has 0 aliphatic carbocycles. The Morgan fingerprint density at radius 3 is 3.09 bits per heavy atom. The zero-order valence-electron chi connectivity index (χ0n) is 6.66. The molecule has 0 heterocycles. The van der Waals surface area contributed by atoms with Gasteiger partial charge in [0.15, 0.2) is 0 Å². The summed E-state index contributed by atoms with van der Waals surface area (Å²) in [6.07, 6.45) is 1.65. The Balaban J connectivity index is 2.86. The van der Waals surface area contributed by atoms with Crippen LogP contribution < -0.4 is 0 Å². The fraction of sp³-hybridized carbons (Fsp3) is 0.222. The van der Waals surface area contributed by atoms with Gasteiger partial charge in [-0.05, 0) is 18.6 Å². The topological polar surface area (TPSA) is 21.6 Å². The van der Waals surface area contributed by atoms with Crippen molar-refractivity contribution in [1.29, 1.82) is 0 Å². The van der Waals surface area contributed by atoms with Crippen molar-refractivity contribution in [3.05, 3.63) is 35.4 Å². The van der Waals surface area contributed by atoms with Crippen molar-refractivity contribution in [2.75, 3.05) is 7.11 Å². The van der Waals surface area contributed by atoms with Crippen molar-refractivity contribution >= 4 is 6.21 Å².